The lowest BCUT2D eigenvalue weighted by Gasteiger charge is -2.29. The normalized spacial score (nSPS) is 16.1. The van der Waals surface area contributed by atoms with Crippen molar-refractivity contribution in [3.8, 4) is 6.07 Å². The molecule has 1 aliphatic rings. The summed E-state index contributed by atoms with van der Waals surface area (Å²) in [7, 11) is 2.15. The summed E-state index contributed by atoms with van der Waals surface area (Å²) in [6, 6.07) is 12.3. The van der Waals surface area contributed by atoms with Gasteiger partial charge in [0.15, 0.2) is 11.3 Å². The summed E-state index contributed by atoms with van der Waals surface area (Å²) in [5, 5.41) is 13.9. The Morgan fingerprint density at radius 1 is 1.15 bits per heavy atom. The molecule has 1 fully saturated rings. The average Bonchev–Trinajstić information content (AvgIpc) is 3.09. The molecule has 0 spiro atoms. The minimum atomic E-state index is 0.382. The highest BCUT2D eigenvalue weighted by Crippen LogP contribution is 2.25. The monoisotopic (exact) mass is 357 g/mol. The fourth-order valence-electron chi connectivity index (χ4n) is 3.79. The summed E-state index contributed by atoms with van der Waals surface area (Å²) in [6.07, 6.45) is 3.94. The number of anilines is 1. The van der Waals surface area contributed by atoms with Crippen molar-refractivity contribution in [3.05, 3.63) is 42.1 Å². The highest BCUT2D eigenvalue weighted by Gasteiger charge is 2.18. The van der Waals surface area contributed by atoms with Gasteiger partial charge >= 0.3 is 0 Å². The molecule has 0 bridgehead atoms. The van der Waals surface area contributed by atoms with Gasteiger partial charge in [0.25, 0.3) is 0 Å². The van der Waals surface area contributed by atoms with E-state index in [2.05, 4.69) is 33.3 Å². The summed E-state index contributed by atoms with van der Waals surface area (Å²) in [4.78, 5) is 16.3. The van der Waals surface area contributed by atoms with Gasteiger partial charge in [-0.1, -0.05) is 12.1 Å². The Hall–Kier alpha value is -3.24. The number of rotatable bonds is 2. The van der Waals surface area contributed by atoms with Gasteiger partial charge in [-0.2, -0.15) is 10.2 Å². The Balaban J connectivity index is 1.67. The van der Waals surface area contributed by atoms with Gasteiger partial charge in [0.05, 0.1) is 16.6 Å². The van der Waals surface area contributed by atoms with E-state index in [1.807, 2.05) is 34.7 Å². The van der Waals surface area contributed by atoms with E-state index in [9.17, 15) is 5.26 Å². The van der Waals surface area contributed by atoms with Gasteiger partial charge in [0.2, 0.25) is 5.95 Å². The van der Waals surface area contributed by atoms with Crippen molar-refractivity contribution in [2.75, 3.05) is 25.5 Å². The molecular formula is C20H19N7. The van der Waals surface area contributed by atoms with Gasteiger partial charge in [0.1, 0.15) is 6.07 Å². The van der Waals surface area contributed by atoms with Crippen LogP contribution < -0.4 is 5.32 Å². The van der Waals surface area contributed by atoms with Crippen LogP contribution in [-0.2, 0) is 0 Å². The minimum absolute atomic E-state index is 0.382. The molecule has 27 heavy (non-hydrogen) atoms. The highest BCUT2D eigenvalue weighted by atomic mass is 15.2. The molecular weight excluding hydrogens is 338 g/mol. The molecule has 134 valence electrons. The van der Waals surface area contributed by atoms with E-state index in [0.717, 1.165) is 48.0 Å². The number of imidazole rings is 1. The third-order valence-electron chi connectivity index (χ3n) is 5.28. The molecule has 1 saturated heterocycles. The number of hydrogen-bond donors (Lipinski definition) is 1. The number of piperidine rings is 1. The van der Waals surface area contributed by atoms with Crippen molar-refractivity contribution in [2.45, 2.75) is 18.9 Å². The molecule has 4 aromatic rings. The van der Waals surface area contributed by atoms with Crippen LogP contribution in [0.5, 0.6) is 0 Å². The summed E-state index contributed by atoms with van der Waals surface area (Å²) >= 11 is 0. The first-order valence-corrected chi connectivity index (χ1v) is 9.15. The SMILES string of the molecule is CN1CCC(Nc2ncc3cc(C#N)c4nc5ccccc5n4c3n2)CC1. The molecule has 3 aromatic heterocycles. The minimum Gasteiger partial charge on any atom is -0.351 e. The molecule has 7 nitrogen and oxygen atoms in total. The van der Waals surface area contributed by atoms with Crippen LogP contribution in [0, 0.1) is 11.3 Å². The maximum atomic E-state index is 9.55. The molecule has 1 N–H and O–H groups in total. The van der Waals surface area contributed by atoms with Crippen molar-refractivity contribution in [3.63, 3.8) is 0 Å². The van der Waals surface area contributed by atoms with E-state index in [4.69, 9.17) is 4.98 Å². The number of nitrogens with zero attached hydrogens (tertiary/aromatic N) is 6. The Kier molecular flexibility index (Phi) is 3.66. The smallest absolute Gasteiger partial charge is 0.224 e. The first-order valence-electron chi connectivity index (χ1n) is 9.15. The summed E-state index contributed by atoms with van der Waals surface area (Å²) in [6.45, 7) is 2.15. The van der Waals surface area contributed by atoms with E-state index in [1.54, 1.807) is 6.20 Å². The Labute approximate surface area is 156 Å². The van der Waals surface area contributed by atoms with E-state index in [-0.39, 0.29) is 0 Å². The fourth-order valence-corrected chi connectivity index (χ4v) is 3.79. The summed E-state index contributed by atoms with van der Waals surface area (Å²) < 4.78 is 1.96. The van der Waals surface area contributed by atoms with Gasteiger partial charge in [-0.05, 0) is 51.2 Å². The third kappa shape index (κ3) is 2.66. The van der Waals surface area contributed by atoms with Crippen molar-refractivity contribution in [1.82, 2.24) is 24.3 Å². The number of aromatic nitrogens is 4. The fraction of sp³-hybridized carbons (Fsp3) is 0.300. The van der Waals surface area contributed by atoms with Gasteiger partial charge in [0, 0.05) is 17.6 Å². The molecule has 0 radical (unpaired) electrons. The lowest BCUT2D eigenvalue weighted by Crippen LogP contribution is -2.37. The second kappa shape index (κ2) is 6.18. The maximum absolute atomic E-state index is 9.55. The molecule has 0 unspecified atom stereocenters. The zero-order valence-corrected chi connectivity index (χ0v) is 15.1. The van der Waals surface area contributed by atoms with Gasteiger partial charge in [-0.25, -0.2) is 9.97 Å². The number of hydrogen-bond acceptors (Lipinski definition) is 6. The van der Waals surface area contributed by atoms with E-state index in [0.29, 0.717) is 23.2 Å². The van der Waals surface area contributed by atoms with Crippen LogP contribution in [0.3, 0.4) is 0 Å². The van der Waals surface area contributed by atoms with E-state index < -0.39 is 0 Å². The topological polar surface area (TPSA) is 82.1 Å². The van der Waals surface area contributed by atoms with Gasteiger partial charge in [-0.3, -0.25) is 4.40 Å². The van der Waals surface area contributed by atoms with Crippen LogP contribution in [0.4, 0.5) is 5.95 Å². The van der Waals surface area contributed by atoms with Gasteiger partial charge < -0.3 is 10.2 Å². The lowest BCUT2D eigenvalue weighted by atomic mass is 10.1. The van der Waals surface area contributed by atoms with Crippen molar-refractivity contribution in [2.24, 2.45) is 0 Å². The molecule has 0 amide bonds. The number of benzene rings is 1. The summed E-state index contributed by atoms with van der Waals surface area (Å²) in [5.41, 5.74) is 3.72. The number of nitriles is 1. The first kappa shape index (κ1) is 16.0. The first-order chi connectivity index (χ1) is 13.2. The Morgan fingerprint density at radius 3 is 2.78 bits per heavy atom. The highest BCUT2D eigenvalue weighted by molar-refractivity contribution is 5.91. The number of para-hydroxylation sites is 2. The molecule has 4 heterocycles. The standard InChI is InChI=1S/C20H19N7/c1-26-8-6-15(7-9-26)23-20-22-12-14-10-13(11-21)18-24-16-4-2-3-5-17(16)27(18)19(14)25-20/h2-5,10,12,15H,6-9H2,1H3,(H,22,23,25). The Morgan fingerprint density at radius 2 is 1.96 bits per heavy atom. The summed E-state index contributed by atoms with van der Waals surface area (Å²) in [5.74, 6) is 0.626. The third-order valence-corrected chi connectivity index (χ3v) is 5.28. The predicted octanol–water partition coefficient (Wildman–Crippen LogP) is 2.81. The molecule has 0 saturated carbocycles. The Bertz CT molecular complexity index is 1200. The van der Waals surface area contributed by atoms with E-state index >= 15 is 0 Å². The number of pyridine rings is 1. The van der Waals surface area contributed by atoms with Crippen LogP contribution in [-0.4, -0.2) is 50.4 Å². The van der Waals surface area contributed by atoms with Crippen LogP contribution >= 0.6 is 0 Å². The van der Waals surface area contributed by atoms with Crippen LogP contribution in [0.2, 0.25) is 0 Å². The second-order valence-corrected chi connectivity index (χ2v) is 7.12. The molecule has 1 aliphatic heterocycles. The molecule has 1 aromatic carbocycles. The van der Waals surface area contributed by atoms with Gasteiger partial charge in [-0.15, -0.1) is 0 Å². The number of nitrogens with one attached hydrogen (secondary N) is 1. The number of fused-ring (bicyclic) bond motifs is 5. The zero-order chi connectivity index (χ0) is 18.4. The number of likely N-dealkylation sites (tertiary alicyclic amines) is 1. The quantitative estimate of drug-likeness (QED) is 0.594. The molecule has 7 heteroatoms. The zero-order valence-electron chi connectivity index (χ0n) is 15.1. The van der Waals surface area contributed by atoms with E-state index in [1.165, 1.54) is 0 Å². The second-order valence-electron chi connectivity index (χ2n) is 7.12. The molecule has 5 rings (SSSR count). The molecule has 0 atom stereocenters. The van der Waals surface area contributed by atoms with Crippen LogP contribution in [0.25, 0.3) is 27.7 Å². The average molecular weight is 357 g/mol. The van der Waals surface area contributed by atoms with Crippen molar-refractivity contribution in [1.29, 1.82) is 5.26 Å². The largest absolute Gasteiger partial charge is 0.351 e. The van der Waals surface area contributed by atoms with Crippen LogP contribution in [0.1, 0.15) is 18.4 Å². The lowest BCUT2D eigenvalue weighted by molar-refractivity contribution is 0.263. The van der Waals surface area contributed by atoms with Crippen molar-refractivity contribution < 1.29 is 0 Å². The maximum Gasteiger partial charge on any atom is 0.224 e. The predicted molar refractivity (Wildman–Crippen MR) is 105 cm³/mol. The molecule has 0 aliphatic carbocycles. The van der Waals surface area contributed by atoms with Crippen LogP contribution in [0.15, 0.2) is 36.5 Å². The van der Waals surface area contributed by atoms with Crippen molar-refractivity contribution >= 4 is 33.7 Å².